The number of thiol groups is 1. The van der Waals surface area contributed by atoms with Crippen molar-refractivity contribution in [1.29, 1.82) is 0 Å². The fourth-order valence-electron chi connectivity index (χ4n) is 1.01. The summed E-state index contributed by atoms with van der Waals surface area (Å²) in [5, 5.41) is 19.5. The maximum Gasteiger partial charge on any atom is 0.310 e. The predicted molar refractivity (Wildman–Crippen MR) is 52.3 cm³/mol. The first-order chi connectivity index (χ1) is 6.15. The van der Waals surface area contributed by atoms with E-state index in [2.05, 4.69) is 12.6 Å². The van der Waals surface area contributed by atoms with E-state index in [0.29, 0.717) is 12.2 Å². The summed E-state index contributed by atoms with van der Waals surface area (Å²) < 4.78 is 0. The van der Waals surface area contributed by atoms with Gasteiger partial charge in [0.05, 0.1) is 4.92 Å². The highest BCUT2D eigenvalue weighted by atomic mass is 32.1. The van der Waals surface area contributed by atoms with Crippen molar-refractivity contribution < 1.29 is 10.0 Å². The summed E-state index contributed by atoms with van der Waals surface area (Å²) in [6, 6.07) is 4.32. The molecule has 1 N–H and O–H groups in total. The van der Waals surface area contributed by atoms with E-state index in [9.17, 15) is 15.2 Å². The van der Waals surface area contributed by atoms with Gasteiger partial charge in [-0.25, -0.2) is 0 Å². The quantitative estimate of drug-likeness (QED) is 0.443. The van der Waals surface area contributed by atoms with Crippen molar-refractivity contribution in [2.75, 3.05) is 5.75 Å². The van der Waals surface area contributed by atoms with Gasteiger partial charge < -0.3 is 5.11 Å². The number of phenols is 1. The van der Waals surface area contributed by atoms with Crippen LogP contribution in [0.1, 0.15) is 5.56 Å². The Labute approximate surface area is 80.8 Å². The van der Waals surface area contributed by atoms with Crippen LogP contribution >= 0.6 is 12.6 Å². The summed E-state index contributed by atoms with van der Waals surface area (Å²) in [5.74, 6) is 0.362. The monoisotopic (exact) mass is 199 g/mol. The van der Waals surface area contributed by atoms with Crippen LogP contribution in [0.15, 0.2) is 18.2 Å². The zero-order valence-corrected chi connectivity index (χ0v) is 7.70. The lowest BCUT2D eigenvalue weighted by Crippen LogP contribution is -1.91. The van der Waals surface area contributed by atoms with Crippen molar-refractivity contribution in [3.05, 3.63) is 33.9 Å². The molecule has 0 unspecified atom stereocenters. The second kappa shape index (κ2) is 4.13. The van der Waals surface area contributed by atoms with Crippen LogP contribution in [-0.4, -0.2) is 15.8 Å². The number of benzene rings is 1. The fraction of sp³-hybridized carbons (Fsp3) is 0.250. The van der Waals surface area contributed by atoms with Crippen LogP contribution in [-0.2, 0) is 6.42 Å². The maximum absolute atomic E-state index is 10.3. The average molecular weight is 199 g/mol. The summed E-state index contributed by atoms with van der Waals surface area (Å²) in [6.07, 6.45) is 0.689. The van der Waals surface area contributed by atoms with E-state index in [4.69, 9.17) is 0 Å². The first-order valence-electron chi connectivity index (χ1n) is 3.72. The van der Waals surface area contributed by atoms with Gasteiger partial charge in [-0.2, -0.15) is 12.6 Å². The minimum absolute atomic E-state index is 0.261. The summed E-state index contributed by atoms with van der Waals surface area (Å²) in [5.41, 5.74) is 0.584. The topological polar surface area (TPSA) is 63.4 Å². The Hall–Kier alpha value is -1.23. The average Bonchev–Trinajstić information content (AvgIpc) is 2.04. The van der Waals surface area contributed by atoms with Crippen molar-refractivity contribution in [1.82, 2.24) is 0 Å². The third-order valence-electron chi connectivity index (χ3n) is 1.64. The number of hydrogen-bond acceptors (Lipinski definition) is 4. The molecule has 0 aliphatic carbocycles. The molecule has 0 aliphatic rings. The second-order valence-corrected chi connectivity index (χ2v) is 3.00. The van der Waals surface area contributed by atoms with E-state index in [1.165, 1.54) is 12.1 Å². The lowest BCUT2D eigenvalue weighted by molar-refractivity contribution is -0.385. The number of rotatable bonds is 3. The first-order valence-corrected chi connectivity index (χ1v) is 4.35. The molecule has 1 rings (SSSR count). The van der Waals surface area contributed by atoms with E-state index in [0.717, 1.165) is 5.56 Å². The SMILES string of the molecule is O=[N+]([O-])c1ccc(CCS)cc1O. The standard InChI is InChI=1S/C8H9NO3S/c10-8-5-6(3-4-13)1-2-7(8)9(11)12/h1-2,5,10,13H,3-4H2. The van der Waals surface area contributed by atoms with Gasteiger partial charge in [0.15, 0.2) is 5.75 Å². The molecular weight excluding hydrogens is 190 g/mol. The van der Waals surface area contributed by atoms with Gasteiger partial charge in [0.25, 0.3) is 0 Å². The molecule has 1 aromatic carbocycles. The van der Waals surface area contributed by atoms with Crippen LogP contribution in [0.5, 0.6) is 5.75 Å². The number of nitrogens with zero attached hydrogens (tertiary/aromatic N) is 1. The van der Waals surface area contributed by atoms with Gasteiger partial charge in [0.2, 0.25) is 0 Å². The maximum atomic E-state index is 10.3. The number of phenolic OH excluding ortho intramolecular Hbond substituents is 1. The Morgan fingerprint density at radius 1 is 1.54 bits per heavy atom. The van der Waals surface area contributed by atoms with E-state index < -0.39 is 4.92 Å². The summed E-state index contributed by atoms with van der Waals surface area (Å²) >= 11 is 4.02. The molecule has 4 nitrogen and oxygen atoms in total. The number of aromatic hydroxyl groups is 1. The van der Waals surface area contributed by atoms with Crippen molar-refractivity contribution >= 4 is 18.3 Å². The molecule has 0 radical (unpaired) electrons. The Balaban J connectivity index is 2.98. The number of hydrogen-bond donors (Lipinski definition) is 2. The molecule has 0 fully saturated rings. The van der Waals surface area contributed by atoms with Crippen LogP contribution in [0, 0.1) is 10.1 Å². The number of nitro benzene ring substituents is 1. The minimum atomic E-state index is -0.611. The molecule has 13 heavy (non-hydrogen) atoms. The molecular formula is C8H9NO3S. The van der Waals surface area contributed by atoms with Crippen LogP contribution in [0.3, 0.4) is 0 Å². The zero-order chi connectivity index (χ0) is 9.84. The molecule has 5 heteroatoms. The Bertz CT molecular complexity index is 327. The van der Waals surface area contributed by atoms with E-state index >= 15 is 0 Å². The van der Waals surface area contributed by atoms with Gasteiger partial charge >= 0.3 is 5.69 Å². The van der Waals surface area contributed by atoms with E-state index in [1.807, 2.05) is 0 Å². The molecule has 0 atom stereocenters. The molecule has 0 saturated heterocycles. The van der Waals surface area contributed by atoms with Crippen LogP contribution in [0.2, 0.25) is 0 Å². The molecule has 0 heterocycles. The molecule has 0 aromatic heterocycles. The van der Waals surface area contributed by atoms with Crippen molar-refractivity contribution in [2.24, 2.45) is 0 Å². The minimum Gasteiger partial charge on any atom is -0.502 e. The first kappa shape index (κ1) is 9.85. The molecule has 1 aromatic rings. The summed E-state index contributed by atoms with van der Waals surface area (Å²) in [7, 11) is 0. The molecule has 0 spiro atoms. The van der Waals surface area contributed by atoms with Crippen molar-refractivity contribution in [2.45, 2.75) is 6.42 Å². The van der Waals surface area contributed by atoms with Crippen LogP contribution < -0.4 is 0 Å². The molecule has 0 amide bonds. The van der Waals surface area contributed by atoms with Crippen LogP contribution in [0.4, 0.5) is 5.69 Å². The van der Waals surface area contributed by atoms with E-state index in [-0.39, 0.29) is 11.4 Å². The Morgan fingerprint density at radius 3 is 2.69 bits per heavy atom. The largest absolute Gasteiger partial charge is 0.502 e. The van der Waals surface area contributed by atoms with Gasteiger partial charge in [0, 0.05) is 6.07 Å². The lowest BCUT2D eigenvalue weighted by Gasteiger charge is -1.99. The van der Waals surface area contributed by atoms with Crippen LogP contribution in [0.25, 0.3) is 0 Å². The lowest BCUT2D eigenvalue weighted by atomic mass is 10.1. The molecule has 0 aliphatic heterocycles. The summed E-state index contributed by atoms with van der Waals surface area (Å²) in [6.45, 7) is 0. The zero-order valence-electron chi connectivity index (χ0n) is 6.80. The van der Waals surface area contributed by atoms with Gasteiger partial charge in [-0.1, -0.05) is 6.07 Å². The van der Waals surface area contributed by atoms with Gasteiger partial charge in [-0.3, -0.25) is 10.1 Å². The Kier molecular flexibility index (Phi) is 3.13. The van der Waals surface area contributed by atoms with Gasteiger partial charge in [0.1, 0.15) is 0 Å². The normalized spacial score (nSPS) is 9.92. The third-order valence-corrected chi connectivity index (χ3v) is 1.86. The molecule has 70 valence electrons. The van der Waals surface area contributed by atoms with E-state index in [1.54, 1.807) is 6.07 Å². The Morgan fingerprint density at radius 2 is 2.23 bits per heavy atom. The number of aryl methyl sites for hydroxylation is 1. The fourth-order valence-corrected chi connectivity index (χ4v) is 1.27. The number of nitro groups is 1. The smallest absolute Gasteiger partial charge is 0.310 e. The van der Waals surface area contributed by atoms with Gasteiger partial charge in [-0.15, -0.1) is 0 Å². The predicted octanol–water partition coefficient (Wildman–Crippen LogP) is 1.77. The molecule has 0 saturated carbocycles. The highest BCUT2D eigenvalue weighted by Gasteiger charge is 2.12. The summed E-state index contributed by atoms with van der Waals surface area (Å²) in [4.78, 5) is 9.71. The highest BCUT2D eigenvalue weighted by molar-refractivity contribution is 7.80. The van der Waals surface area contributed by atoms with Gasteiger partial charge in [-0.05, 0) is 23.8 Å². The van der Waals surface area contributed by atoms with Crippen molar-refractivity contribution in [3.63, 3.8) is 0 Å². The van der Waals surface area contributed by atoms with Crippen molar-refractivity contribution in [3.8, 4) is 5.75 Å². The second-order valence-electron chi connectivity index (χ2n) is 2.55. The molecule has 0 bridgehead atoms. The highest BCUT2D eigenvalue weighted by Crippen LogP contribution is 2.26. The third kappa shape index (κ3) is 2.35.